The molecule has 0 aromatic carbocycles. The molecule has 1 unspecified atom stereocenters. The zero-order chi connectivity index (χ0) is 11.4. The molecular formula is C10H13N3O2. The van der Waals surface area contributed by atoms with Crippen molar-refractivity contribution in [2.45, 2.75) is 26.3 Å². The maximum Gasteiger partial charge on any atom is 0.292 e. The third-order valence-corrected chi connectivity index (χ3v) is 2.21. The molecule has 0 N–H and O–H groups in total. The molecule has 1 rings (SSSR count). The minimum Gasteiger partial charge on any atom is -0.351 e. The summed E-state index contributed by atoms with van der Waals surface area (Å²) in [6, 6.07) is 3.47. The van der Waals surface area contributed by atoms with E-state index < -0.39 is 0 Å². The molecule has 1 aromatic rings. The third kappa shape index (κ3) is 2.56. The number of hydrogen-bond donors (Lipinski definition) is 0. The quantitative estimate of drug-likeness (QED) is 0.750. The third-order valence-electron chi connectivity index (χ3n) is 2.21. The fourth-order valence-electron chi connectivity index (χ4n) is 1.11. The van der Waals surface area contributed by atoms with E-state index in [1.54, 1.807) is 20.0 Å². The molecule has 1 aromatic heterocycles. The largest absolute Gasteiger partial charge is 0.351 e. The minimum atomic E-state index is -0.252. The monoisotopic (exact) mass is 207 g/mol. The standard InChI is InChI=1S/C10H13N3O2/c1-7-6-9(15-12-7)10(14)13(3)8(2)4-5-11/h6,8H,4H2,1-3H3. The molecule has 15 heavy (non-hydrogen) atoms. The number of aromatic nitrogens is 1. The first-order valence-corrected chi connectivity index (χ1v) is 4.63. The highest BCUT2D eigenvalue weighted by Gasteiger charge is 2.20. The zero-order valence-electron chi connectivity index (χ0n) is 9.02. The van der Waals surface area contributed by atoms with Gasteiger partial charge in [-0.2, -0.15) is 5.26 Å². The van der Waals surface area contributed by atoms with Crippen LogP contribution in [0.2, 0.25) is 0 Å². The Balaban J connectivity index is 2.73. The summed E-state index contributed by atoms with van der Waals surface area (Å²) >= 11 is 0. The lowest BCUT2D eigenvalue weighted by molar-refractivity contribution is 0.0704. The summed E-state index contributed by atoms with van der Waals surface area (Å²) < 4.78 is 4.85. The topological polar surface area (TPSA) is 70.1 Å². The Morgan fingerprint density at radius 1 is 1.80 bits per heavy atom. The first-order valence-electron chi connectivity index (χ1n) is 4.63. The SMILES string of the molecule is Cc1cc(C(=O)N(C)C(C)CC#N)on1. The van der Waals surface area contributed by atoms with Gasteiger partial charge in [0.05, 0.1) is 18.2 Å². The first-order chi connectivity index (χ1) is 7.06. The van der Waals surface area contributed by atoms with Gasteiger partial charge in [-0.15, -0.1) is 0 Å². The van der Waals surface area contributed by atoms with E-state index in [1.165, 1.54) is 4.90 Å². The Labute approximate surface area is 88.3 Å². The Kier molecular flexibility index (Phi) is 3.45. The van der Waals surface area contributed by atoms with Gasteiger partial charge in [-0.05, 0) is 13.8 Å². The number of amides is 1. The van der Waals surface area contributed by atoms with Crippen LogP contribution in [0, 0.1) is 18.3 Å². The second kappa shape index (κ2) is 4.60. The fourth-order valence-corrected chi connectivity index (χ4v) is 1.11. The Morgan fingerprint density at radius 3 is 2.93 bits per heavy atom. The highest BCUT2D eigenvalue weighted by atomic mass is 16.5. The molecule has 5 heteroatoms. The smallest absolute Gasteiger partial charge is 0.292 e. The molecular weight excluding hydrogens is 194 g/mol. The predicted octanol–water partition coefficient (Wildman–Crippen LogP) is 1.36. The van der Waals surface area contributed by atoms with Gasteiger partial charge in [-0.25, -0.2) is 0 Å². The van der Waals surface area contributed by atoms with E-state index in [0.717, 1.165) is 0 Å². The Morgan fingerprint density at radius 2 is 2.47 bits per heavy atom. The second-order valence-electron chi connectivity index (χ2n) is 3.46. The van der Waals surface area contributed by atoms with E-state index in [9.17, 15) is 4.79 Å². The molecule has 5 nitrogen and oxygen atoms in total. The maximum atomic E-state index is 11.8. The van der Waals surface area contributed by atoms with Gasteiger partial charge in [-0.1, -0.05) is 5.16 Å². The molecule has 0 aliphatic carbocycles. The average Bonchev–Trinajstić information content (AvgIpc) is 2.63. The summed E-state index contributed by atoms with van der Waals surface area (Å²) in [5.41, 5.74) is 0.666. The van der Waals surface area contributed by atoms with Crippen LogP contribution >= 0.6 is 0 Å². The van der Waals surface area contributed by atoms with Gasteiger partial charge in [0.2, 0.25) is 5.76 Å². The summed E-state index contributed by atoms with van der Waals surface area (Å²) in [6.07, 6.45) is 0.301. The van der Waals surface area contributed by atoms with Crippen molar-refractivity contribution in [3.8, 4) is 6.07 Å². The molecule has 0 spiro atoms. The molecule has 1 amide bonds. The number of nitriles is 1. The van der Waals surface area contributed by atoms with Crippen LogP contribution in [0.15, 0.2) is 10.6 Å². The molecule has 0 fully saturated rings. The maximum absolute atomic E-state index is 11.8. The lowest BCUT2D eigenvalue weighted by Gasteiger charge is -2.21. The zero-order valence-corrected chi connectivity index (χ0v) is 9.02. The molecule has 0 saturated carbocycles. The van der Waals surface area contributed by atoms with Crippen molar-refractivity contribution in [2.75, 3.05) is 7.05 Å². The number of carbonyl (C=O) groups is 1. The number of rotatable bonds is 3. The average molecular weight is 207 g/mol. The van der Waals surface area contributed by atoms with Gasteiger partial charge >= 0.3 is 0 Å². The predicted molar refractivity (Wildman–Crippen MR) is 53.0 cm³/mol. The van der Waals surface area contributed by atoms with Crippen molar-refractivity contribution >= 4 is 5.91 Å². The summed E-state index contributed by atoms with van der Waals surface area (Å²) in [7, 11) is 1.64. The van der Waals surface area contributed by atoms with Gasteiger partial charge in [-0.3, -0.25) is 4.79 Å². The highest BCUT2D eigenvalue weighted by molar-refractivity contribution is 5.91. The Hall–Kier alpha value is -1.83. The van der Waals surface area contributed by atoms with Gasteiger partial charge in [0, 0.05) is 19.2 Å². The van der Waals surface area contributed by atoms with Crippen molar-refractivity contribution in [1.82, 2.24) is 10.1 Å². The van der Waals surface area contributed by atoms with Gasteiger partial charge < -0.3 is 9.42 Å². The van der Waals surface area contributed by atoms with Crippen LogP contribution in [0.3, 0.4) is 0 Å². The molecule has 0 radical (unpaired) electrons. The van der Waals surface area contributed by atoms with Gasteiger partial charge in [0.15, 0.2) is 0 Å². The van der Waals surface area contributed by atoms with E-state index >= 15 is 0 Å². The van der Waals surface area contributed by atoms with Crippen molar-refractivity contribution in [3.05, 3.63) is 17.5 Å². The van der Waals surface area contributed by atoms with E-state index in [4.69, 9.17) is 9.78 Å². The van der Waals surface area contributed by atoms with Crippen molar-refractivity contribution < 1.29 is 9.32 Å². The Bertz CT molecular complexity index is 392. The summed E-state index contributed by atoms with van der Waals surface area (Å²) in [6.45, 7) is 3.56. The number of carbonyl (C=O) groups excluding carboxylic acids is 1. The lowest BCUT2D eigenvalue weighted by atomic mass is 10.2. The molecule has 0 bridgehead atoms. The number of nitrogens with zero attached hydrogens (tertiary/aromatic N) is 3. The van der Waals surface area contributed by atoms with E-state index in [2.05, 4.69) is 5.16 Å². The van der Waals surface area contributed by atoms with E-state index in [-0.39, 0.29) is 17.7 Å². The number of aryl methyl sites for hydroxylation is 1. The van der Waals surface area contributed by atoms with Crippen LogP contribution in [0.4, 0.5) is 0 Å². The molecule has 0 saturated heterocycles. The summed E-state index contributed by atoms with van der Waals surface area (Å²) in [5, 5.41) is 12.2. The number of hydrogen-bond acceptors (Lipinski definition) is 4. The van der Waals surface area contributed by atoms with Gasteiger partial charge in [0.1, 0.15) is 0 Å². The van der Waals surface area contributed by atoms with E-state index in [0.29, 0.717) is 12.1 Å². The molecule has 1 atom stereocenters. The second-order valence-corrected chi connectivity index (χ2v) is 3.46. The highest BCUT2D eigenvalue weighted by Crippen LogP contribution is 2.09. The molecule has 0 aliphatic rings. The molecule has 80 valence electrons. The molecule has 1 heterocycles. The van der Waals surface area contributed by atoms with Crippen LogP contribution in [-0.2, 0) is 0 Å². The van der Waals surface area contributed by atoms with Crippen molar-refractivity contribution in [1.29, 1.82) is 5.26 Å². The summed E-state index contributed by atoms with van der Waals surface area (Å²) in [4.78, 5) is 13.2. The van der Waals surface area contributed by atoms with E-state index in [1.807, 2.05) is 13.0 Å². The van der Waals surface area contributed by atoms with Gasteiger partial charge in [0.25, 0.3) is 5.91 Å². The van der Waals surface area contributed by atoms with Crippen LogP contribution < -0.4 is 0 Å². The first kappa shape index (κ1) is 11.2. The van der Waals surface area contributed by atoms with Crippen LogP contribution in [0.1, 0.15) is 29.6 Å². The van der Waals surface area contributed by atoms with Crippen LogP contribution in [0.25, 0.3) is 0 Å². The van der Waals surface area contributed by atoms with Crippen LogP contribution in [-0.4, -0.2) is 29.1 Å². The van der Waals surface area contributed by atoms with Crippen molar-refractivity contribution in [3.63, 3.8) is 0 Å². The normalized spacial score (nSPS) is 11.9. The summed E-state index contributed by atoms with van der Waals surface area (Å²) in [5.74, 6) is -0.0434. The fraction of sp³-hybridized carbons (Fsp3) is 0.500. The lowest BCUT2D eigenvalue weighted by Crippen LogP contribution is -2.34. The molecule has 0 aliphatic heterocycles. The van der Waals surface area contributed by atoms with Crippen LogP contribution in [0.5, 0.6) is 0 Å². The van der Waals surface area contributed by atoms with Crippen molar-refractivity contribution in [2.24, 2.45) is 0 Å². The minimum absolute atomic E-state index is 0.132.